The summed E-state index contributed by atoms with van der Waals surface area (Å²) in [6, 6.07) is 10.9. The highest BCUT2D eigenvalue weighted by atomic mass is 32.2. The Labute approximate surface area is 192 Å². The first-order valence-corrected chi connectivity index (χ1v) is 12.1. The van der Waals surface area contributed by atoms with E-state index in [2.05, 4.69) is 4.72 Å². The quantitative estimate of drug-likeness (QED) is 0.683. The molecule has 0 bridgehead atoms. The molecule has 2 N–H and O–H groups in total. The van der Waals surface area contributed by atoms with Gasteiger partial charge in [0, 0.05) is 12.7 Å². The van der Waals surface area contributed by atoms with E-state index in [4.69, 9.17) is 14.6 Å². The average molecular weight is 475 g/mol. The number of sulfonamides is 1. The Morgan fingerprint density at radius 2 is 1.97 bits per heavy atom. The van der Waals surface area contributed by atoms with Gasteiger partial charge in [-0.15, -0.1) is 0 Å². The Balaban J connectivity index is 1.58. The van der Waals surface area contributed by atoms with Gasteiger partial charge in [0.1, 0.15) is 18.5 Å². The van der Waals surface area contributed by atoms with E-state index in [1.165, 1.54) is 18.2 Å². The largest absolute Gasteiger partial charge is 0.490 e. The molecular formula is C23H26N2O7S. The van der Waals surface area contributed by atoms with Crippen LogP contribution in [0.15, 0.2) is 47.4 Å². The van der Waals surface area contributed by atoms with E-state index in [0.717, 1.165) is 0 Å². The van der Waals surface area contributed by atoms with Gasteiger partial charge < -0.3 is 19.5 Å². The Hall–Kier alpha value is -3.11. The van der Waals surface area contributed by atoms with Crippen LogP contribution in [0.5, 0.6) is 5.75 Å². The molecule has 2 aliphatic rings. The van der Waals surface area contributed by atoms with Crippen molar-refractivity contribution in [2.45, 2.75) is 49.3 Å². The van der Waals surface area contributed by atoms with Crippen LogP contribution >= 0.6 is 0 Å². The summed E-state index contributed by atoms with van der Waals surface area (Å²) in [5, 5.41) is 9.06. The number of aryl methyl sites for hydroxylation is 1. The van der Waals surface area contributed by atoms with Crippen LogP contribution in [0.4, 0.5) is 5.69 Å². The van der Waals surface area contributed by atoms with Gasteiger partial charge >= 0.3 is 5.97 Å². The molecule has 1 amide bonds. The van der Waals surface area contributed by atoms with E-state index < -0.39 is 28.2 Å². The van der Waals surface area contributed by atoms with Crippen LogP contribution in [0.3, 0.4) is 0 Å². The van der Waals surface area contributed by atoms with Crippen LogP contribution in [0.1, 0.15) is 35.2 Å². The Bertz CT molecular complexity index is 1180. The Kier molecular flexibility index (Phi) is 6.31. The number of ether oxygens (including phenoxy) is 2. The first kappa shape index (κ1) is 23.1. The highest BCUT2D eigenvalue weighted by molar-refractivity contribution is 7.92. The Morgan fingerprint density at radius 3 is 2.70 bits per heavy atom. The van der Waals surface area contributed by atoms with Crippen molar-refractivity contribution in [3.8, 4) is 5.75 Å². The minimum atomic E-state index is -3.84. The van der Waals surface area contributed by atoms with E-state index >= 15 is 0 Å². The fraction of sp³-hybridized carbons (Fsp3) is 0.391. The molecule has 4 rings (SSSR count). The number of hydrogen-bond acceptors (Lipinski definition) is 6. The Morgan fingerprint density at radius 1 is 1.21 bits per heavy atom. The summed E-state index contributed by atoms with van der Waals surface area (Å²) in [6.07, 6.45) is 0.136. The second kappa shape index (κ2) is 9.03. The molecular weight excluding hydrogens is 448 g/mol. The molecule has 1 saturated heterocycles. The normalized spacial score (nSPS) is 22.9. The highest BCUT2D eigenvalue weighted by Gasteiger charge is 2.39. The first-order chi connectivity index (χ1) is 15.7. The van der Waals surface area contributed by atoms with Crippen molar-refractivity contribution in [1.82, 2.24) is 4.90 Å². The molecule has 2 aliphatic heterocycles. The van der Waals surface area contributed by atoms with Crippen LogP contribution in [0.2, 0.25) is 0 Å². The highest BCUT2D eigenvalue weighted by Crippen LogP contribution is 2.33. The van der Waals surface area contributed by atoms with Gasteiger partial charge in [-0.25, -0.2) is 8.42 Å². The lowest BCUT2D eigenvalue weighted by molar-refractivity contribution is -0.148. The van der Waals surface area contributed by atoms with Crippen molar-refractivity contribution in [2.75, 3.05) is 18.4 Å². The fourth-order valence-corrected chi connectivity index (χ4v) is 5.65. The van der Waals surface area contributed by atoms with Crippen LogP contribution < -0.4 is 9.46 Å². The zero-order valence-electron chi connectivity index (χ0n) is 18.4. The summed E-state index contributed by atoms with van der Waals surface area (Å²) in [5.41, 5.74) is 1.11. The third kappa shape index (κ3) is 4.81. The zero-order valence-corrected chi connectivity index (χ0v) is 19.2. The van der Waals surface area contributed by atoms with Crippen molar-refractivity contribution in [2.24, 2.45) is 0 Å². The predicted molar refractivity (Wildman–Crippen MR) is 120 cm³/mol. The molecule has 2 aromatic carbocycles. The van der Waals surface area contributed by atoms with Gasteiger partial charge in [0.2, 0.25) is 0 Å². The number of amides is 1. The number of carboxylic acids is 1. The standard InChI is InChI=1S/C23H26N2O7S/c1-14-5-3-4-6-21(14)33(29,30)24-15-7-10-19-17(11-15)23(28)25(2)18-9-8-16(12-22(26)27)32-20(18)13-31-19/h3-7,10-11,16,18,20,24H,8-9,12-13H2,1-2H3,(H,26,27)/t16-,18-,20+/m0/s1. The molecule has 0 spiro atoms. The van der Waals surface area contributed by atoms with Crippen LogP contribution in [0, 0.1) is 6.92 Å². The van der Waals surface area contributed by atoms with E-state index in [9.17, 15) is 18.0 Å². The predicted octanol–water partition coefficient (Wildman–Crippen LogP) is 2.65. The maximum absolute atomic E-state index is 13.3. The van der Waals surface area contributed by atoms with Crippen molar-refractivity contribution in [1.29, 1.82) is 0 Å². The van der Waals surface area contributed by atoms with Gasteiger partial charge in [-0.05, 0) is 49.6 Å². The van der Waals surface area contributed by atoms with Crippen LogP contribution in [0.25, 0.3) is 0 Å². The number of benzene rings is 2. The van der Waals surface area contributed by atoms with Crippen molar-refractivity contribution < 1.29 is 32.6 Å². The molecule has 2 aromatic rings. The number of nitrogens with one attached hydrogen (secondary N) is 1. The lowest BCUT2D eigenvalue weighted by atomic mass is 9.95. The summed E-state index contributed by atoms with van der Waals surface area (Å²) in [7, 11) is -2.17. The second-order valence-corrected chi connectivity index (χ2v) is 10.00. The van der Waals surface area contributed by atoms with Gasteiger partial charge in [-0.3, -0.25) is 14.3 Å². The number of hydrogen-bond donors (Lipinski definition) is 2. The van der Waals surface area contributed by atoms with Gasteiger partial charge in [0.25, 0.3) is 15.9 Å². The van der Waals surface area contributed by atoms with Crippen molar-refractivity contribution in [3.63, 3.8) is 0 Å². The van der Waals surface area contributed by atoms with Gasteiger partial charge in [-0.2, -0.15) is 0 Å². The summed E-state index contributed by atoms with van der Waals surface area (Å²) in [6.45, 7) is 1.87. The number of likely N-dealkylation sites (N-methyl/N-ethyl adjacent to an activating group) is 1. The number of fused-ring (bicyclic) bond motifs is 2. The second-order valence-electron chi connectivity index (χ2n) is 8.35. The van der Waals surface area contributed by atoms with Crippen molar-refractivity contribution in [3.05, 3.63) is 53.6 Å². The maximum atomic E-state index is 13.3. The molecule has 9 nitrogen and oxygen atoms in total. The molecule has 10 heteroatoms. The summed E-state index contributed by atoms with van der Waals surface area (Å²) < 4.78 is 40.0. The van der Waals surface area contributed by atoms with E-state index in [1.807, 2.05) is 0 Å². The maximum Gasteiger partial charge on any atom is 0.305 e. The lowest BCUT2D eigenvalue weighted by Gasteiger charge is -2.42. The number of carbonyl (C=O) groups excluding carboxylic acids is 1. The minimum Gasteiger partial charge on any atom is -0.490 e. The molecule has 1 fully saturated rings. The number of rotatable bonds is 5. The number of aliphatic carboxylic acids is 1. The van der Waals surface area contributed by atoms with E-state index in [1.54, 1.807) is 43.1 Å². The third-order valence-electron chi connectivity index (χ3n) is 6.05. The zero-order chi connectivity index (χ0) is 23.8. The molecule has 176 valence electrons. The van der Waals surface area contributed by atoms with Crippen molar-refractivity contribution >= 4 is 27.6 Å². The smallest absolute Gasteiger partial charge is 0.305 e. The molecule has 0 aliphatic carbocycles. The summed E-state index contributed by atoms with van der Waals surface area (Å²) >= 11 is 0. The third-order valence-corrected chi connectivity index (χ3v) is 7.59. The molecule has 33 heavy (non-hydrogen) atoms. The van der Waals surface area contributed by atoms with Gasteiger partial charge in [0.05, 0.1) is 29.0 Å². The summed E-state index contributed by atoms with van der Waals surface area (Å²) in [5.74, 6) is -0.939. The average Bonchev–Trinajstić information content (AvgIpc) is 2.76. The topological polar surface area (TPSA) is 122 Å². The minimum absolute atomic E-state index is 0.0954. The fourth-order valence-electron chi connectivity index (χ4n) is 4.35. The van der Waals surface area contributed by atoms with E-state index in [0.29, 0.717) is 24.2 Å². The van der Waals surface area contributed by atoms with Gasteiger partial charge in [0.15, 0.2) is 0 Å². The number of anilines is 1. The van der Waals surface area contributed by atoms with Gasteiger partial charge in [-0.1, -0.05) is 18.2 Å². The van der Waals surface area contributed by atoms with Crippen LogP contribution in [-0.4, -0.2) is 62.2 Å². The summed E-state index contributed by atoms with van der Waals surface area (Å²) in [4.78, 5) is 26.0. The first-order valence-electron chi connectivity index (χ1n) is 10.7. The molecule has 0 radical (unpaired) electrons. The molecule has 0 saturated carbocycles. The SMILES string of the molecule is Cc1ccccc1S(=O)(=O)Nc1ccc2c(c1)C(=O)N(C)[C@H]1CC[C@@H](CC(=O)O)O[C@@H]1CO2. The molecule has 3 atom stereocenters. The lowest BCUT2D eigenvalue weighted by Crippen LogP contribution is -2.53. The van der Waals surface area contributed by atoms with E-state index in [-0.39, 0.29) is 41.1 Å². The van der Waals surface area contributed by atoms with Crippen LogP contribution in [-0.2, 0) is 19.6 Å². The molecule has 0 unspecified atom stereocenters. The monoisotopic (exact) mass is 474 g/mol. The number of nitrogens with zero attached hydrogens (tertiary/aromatic N) is 1. The molecule has 2 heterocycles. The number of carbonyl (C=O) groups is 2. The number of carboxylic acid groups (broad SMARTS) is 1. The molecule has 0 aromatic heterocycles.